The predicted molar refractivity (Wildman–Crippen MR) is 146 cm³/mol. The van der Waals surface area contributed by atoms with Gasteiger partial charge in [-0.1, -0.05) is 32.0 Å². The van der Waals surface area contributed by atoms with Crippen molar-refractivity contribution in [2.45, 2.75) is 59.4 Å². The van der Waals surface area contributed by atoms with Gasteiger partial charge in [0.05, 0.1) is 29.6 Å². The number of fused-ring (bicyclic) bond motifs is 1. The number of nitriles is 1. The van der Waals surface area contributed by atoms with E-state index in [2.05, 4.69) is 24.0 Å². The Morgan fingerprint density at radius 3 is 2.39 bits per heavy atom. The molecular formula is C31H35N5O2. The maximum Gasteiger partial charge on any atom is 0.254 e. The van der Waals surface area contributed by atoms with Crippen molar-refractivity contribution in [3.8, 4) is 17.5 Å². The summed E-state index contributed by atoms with van der Waals surface area (Å²) in [6.45, 7) is 10.6. The molecule has 0 aliphatic carbocycles. The molecule has 0 spiro atoms. The molecule has 2 aliphatic rings. The third-order valence-electron chi connectivity index (χ3n) is 7.99. The lowest BCUT2D eigenvalue weighted by atomic mass is 9.88. The van der Waals surface area contributed by atoms with E-state index >= 15 is 0 Å². The molecule has 3 heterocycles. The van der Waals surface area contributed by atoms with Crippen molar-refractivity contribution in [1.82, 2.24) is 19.8 Å². The molecular weight excluding hydrogens is 474 g/mol. The minimum Gasteiger partial charge on any atom is -0.340 e. The lowest BCUT2D eigenvalue weighted by Gasteiger charge is -2.32. The van der Waals surface area contributed by atoms with Gasteiger partial charge in [0.25, 0.3) is 5.91 Å². The SMILES string of the molecule is Cc1cc(C)c(-c2nc3c([nH]2)CN(C(=O)C(C)C)CC3)cc1C(=O)N1CCC(c2ccc(C#N)cc2)CC1. The molecule has 0 unspecified atom stereocenters. The molecule has 0 atom stereocenters. The fraction of sp³-hybridized carbons (Fsp3) is 0.419. The van der Waals surface area contributed by atoms with Crippen molar-refractivity contribution in [3.05, 3.63) is 75.6 Å². The number of H-pyrrole nitrogens is 1. The van der Waals surface area contributed by atoms with E-state index in [1.165, 1.54) is 5.56 Å². The topological polar surface area (TPSA) is 93.1 Å². The van der Waals surface area contributed by atoms with Gasteiger partial charge in [0, 0.05) is 43.1 Å². The normalized spacial score (nSPS) is 15.9. The highest BCUT2D eigenvalue weighted by Crippen LogP contribution is 2.32. The van der Waals surface area contributed by atoms with Crippen LogP contribution in [-0.2, 0) is 17.8 Å². The van der Waals surface area contributed by atoms with Gasteiger partial charge in [-0.25, -0.2) is 4.98 Å². The molecule has 5 rings (SSSR count). The molecule has 196 valence electrons. The molecule has 7 nitrogen and oxygen atoms in total. The molecule has 2 aliphatic heterocycles. The van der Waals surface area contributed by atoms with E-state index in [-0.39, 0.29) is 17.7 Å². The summed E-state index contributed by atoms with van der Waals surface area (Å²) in [6.07, 6.45) is 2.55. The van der Waals surface area contributed by atoms with Crippen LogP contribution in [0.3, 0.4) is 0 Å². The van der Waals surface area contributed by atoms with Gasteiger partial charge in [-0.2, -0.15) is 5.26 Å². The second-order valence-electron chi connectivity index (χ2n) is 11.0. The fourth-order valence-corrected chi connectivity index (χ4v) is 5.73. The fourth-order valence-electron chi connectivity index (χ4n) is 5.73. The number of imidazole rings is 1. The number of hydrogen-bond donors (Lipinski definition) is 1. The Hall–Kier alpha value is -3.92. The molecule has 0 bridgehead atoms. The Morgan fingerprint density at radius 2 is 1.74 bits per heavy atom. The highest BCUT2D eigenvalue weighted by atomic mass is 16.2. The summed E-state index contributed by atoms with van der Waals surface area (Å²) < 4.78 is 0. The zero-order valence-corrected chi connectivity index (χ0v) is 22.7. The van der Waals surface area contributed by atoms with Crippen molar-refractivity contribution in [2.24, 2.45) is 5.92 Å². The predicted octanol–water partition coefficient (Wildman–Crippen LogP) is 5.13. The van der Waals surface area contributed by atoms with Crippen molar-refractivity contribution in [3.63, 3.8) is 0 Å². The number of aryl methyl sites for hydroxylation is 2. The van der Waals surface area contributed by atoms with Gasteiger partial charge in [-0.05, 0) is 67.5 Å². The van der Waals surface area contributed by atoms with Crippen molar-refractivity contribution >= 4 is 11.8 Å². The second-order valence-corrected chi connectivity index (χ2v) is 11.0. The van der Waals surface area contributed by atoms with E-state index in [1.807, 2.05) is 60.9 Å². The highest BCUT2D eigenvalue weighted by molar-refractivity contribution is 5.97. The van der Waals surface area contributed by atoms with Crippen LogP contribution in [0, 0.1) is 31.1 Å². The van der Waals surface area contributed by atoms with Gasteiger partial charge < -0.3 is 14.8 Å². The number of carbonyl (C=O) groups is 2. The molecule has 0 radical (unpaired) electrons. The van der Waals surface area contributed by atoms with E-state index in [9.17, 15) is 9.59 Å². The van der Waals surface area contributed by atoms with Crippen LogP contribution in [0.2, 0.25) is 0 Å². The number of rotatable bonds is 4. The standard InChI is InChI=1S/C31H35N5O2/c1-19(2)30(37)36-14-11-27-28(18-36)34-29(33-27)25-16-26(21(4)15-20(25)3)31(38)35-12-9-24(10-13-35)23-7-5-22(17-32)6-8-23/h5-8,15-16,19,24H,9-14,18H2,1-4H3,(H,33,34). The molecule has 2 amide bonds. The van der Waals surface area contributed by atoms with Crippen LogP contribution in [0.1, 0.15) is 76.6 Å². The van der Waals surface area contributed by atoms with Crippen LogP contribution in [-0.4, -0.2) is 51.2 Å². The zero-order chi connectivity index (χ0) is 27.0. The molecule has 0 saturated carbocycles. The molecule has 7 heteroatoms. The maximum atomic E-state index is 13.6. The van der Waals surface area contributed by atoms with Gasteiger partial charge in [-0.3, -0.25) is 9.59 Å². The van der Waals surface area contributed by atoms with E-state index in [1.54, 1.807) is 0 Å². The van der Waals surface area contributed by atoms with Crippen molar-refractivity contribution in [2.75, 3.05) is 19.6 Å². The molecule has 1 aromatic heterocycles. The zero-order valence-electron chi connectivity index (χ0n) is 22.7. The number of aromatic nitrogens is 2. The third-order valence-corrected chi connectivity index (χ3v) is 7.99. The Bertz CT molecular complexity index is 1410. The summed E-state index contributed by atoms with van der Waals surface area (Å²) in [4.78, 5) is 38.3. The van der Waals surface area contributed by atoms with E-state index in [0.29, 0.717) is 43.2 Å². The van der Waals surface area contributed by atoms with Gasteiger partial charge >= 0.3 is 0 Å². The average Bonchev–Trinajstić information content (AvgIpc) is 3.35. The van der Waals surface area contributed by atoms with Crippen LogP contribution in [0.15, 0.2) is 36.4 Å². The lowest BCUT2D eigenvalue weighted by molar-refractivity contribution is -0.135. The van der Waals surface area contributed by atoms with E-state index < -0.39 is 0 Å². The number of hydrogen-bond acceptors (Lipinski definition) is 4. The number of aromatic amines is 1. The lowest BCUT2D eigenvalue weighted by Crippen LogP contribution is -2.38. The molecule has 2 aromatic carbocycles. The first-order valence-corrected chi connectivity index (χ1v) is 13.5. The highest BCUT2D eigenvalue weighted by Gasteiger charge is 2.28. The van der Waals surface area contributed by atoms with Gasteiger partial charge in [0.1, 0.15) is 5.82 Å². The quantitative estimate of drug-likeness (QED) is 0.528. The Labute approximate surface area is 224 Å². The Kier molecular flexibility index (Phi) is 7.07. The number of benzene rings is 2. The van der Waals surface area contributed by atoms with Crippen LogP contribution in [0.5, 0.6) is 0 Å². The summed E-state index contributed by atoms with van der Waals surface area (Å²) in [5.74, 6) is 1.36. The second kappa shape index (κ2) is 10.4. The van der Waals surface area contributed by atoms with E-state index in [0.717, 1.165) is 53.2 Å². The van der Waals surface area contributed by atoms with Crippen LogP contribution in [0.25, 0.3) is 11.4 Å². The monoisotopic (exact) mass is 509 g/mol. The first kappa shape index (κ1) is 25.7. The van der Waals surface area contributed by atoms with E-state index in [4.69, 9.17) is 10.2 Å². The third kappa shape index (κ3) is 4.96. The number of carbonyl (C=O) groups excluding carboxylic acids is 2. The molecule has 1 N–H and O–H groups in total. The number of likely N-dealkylation sites (tertiary alicyclic amines) is 1. The number of amides is 2. The summed E-state index contributed by atoms with van der Waals surface area (Å²) in [5, 5.41) is 9.05. The molecule has 38 heavy (non-hydrogen) atoms. The van der Waals surface area contributed by atoms with Gasteiger partial charge in [0.2, 0.25) is 5.91 Å². The van der Waals surface area contributed by atoms with Crippen LogP contribution in [0.4, 0.5) is 0 Å². The Morgan fingerprint density at radius 1 is 1.03 bits per heavy atom. The molecule has 3 aromatic rings. The minimum absolute atomic E-state index is 0.0268. The average molecular weight is 510 g/mol. The first-order valence-electron chi connectivity index (χ1n) is 13.5. The summed E-state index contributed by atoms with van der Waals surface area (Å²) in [5.41, 5.74) is 7.58. The maximum absolute atomic E-state index is 13.6. The molecule has 1 fully saturated rings. The number of nitrogens with zero attached hydrogens (tertiary/aromatic N) is 4. The molecule has 1 saturated heterocycles. The van der Waals surface area contributed by atoms with Gasteiger partial charge in [-0.15, -0.1) is 0 Å². The summed E-state index contributed by atoms with van der Waals surface area (Å²) >= 11 is 0. The van der Waals surface area contributed by atoms with Crippen molar-refractivity contribution in [1.29, 1.82) is 5.26 Å². The van der Waals surface area contributed by atoms with Gasteiger partial charge in [0.15, 0.2) is 0 Å². The van der Waals surface area contributed by atoms with Crippen LogP contribution < -0.4 is 0 Å². The van der Waals surface area contributed by atoms with Crippen molar-refractivity contribution < 1.29 is 9.59 Å². The minimum atomic E-state index is -0.0268. The Balaban J connectivity index is 1.32. The summed E-state index contributed by atoms with van der Waals surface area (Å²) in [6, 6.07) is 14.1. The summed E-state index contributed by atoms with van der Waals surface area (Å²) in [7, 11) is 0. The first-order chi connectivity index (χ1) is 18.2. The van der Waals surface area contributed by atoms with Crippen LogP contribution >= 0.6 is 0 Å². The number of nitrogens with one attached hydrogen (secondary N) is 1. The number of piperidine rings is 1. The largest absolute Gasteiger partial charge is 0.340 e. The smallest absolute Gasteiger partial charge is 0.254 e.